The van der Waals surface area contributed by atoms with E-state index in [-0.39, 0.29) is 36.8 Å². The first-order valence-corrected chi connectivity index (χ1v) is 7.71. The maximum Gasteiger partial charge on any atom is 0.221 e. The molecule has 6 nitrogen and oxygen atoms in total. The average Bonchev–Trinajstić information content (AvgIpc) is 2.88. The molecule has 0 aliphatic carbocycles. The maximum atomic E-state index is 11.9. The average molecular weight is 426 g/mol. The Balaban J connectivity index is 0.00000132. The summed E-state index contributed by atoms with van der Waals surface area (Å²) >= 11 is 3.42. The molecule has 2 aromatic rings. The van der Waals surface area contributed by atoms with Crippen molar-refractivity contribution in [1.29, 1.82) is 0 Å². The van der Waals surface area contributed by atoms with Crippen LogP contribution in [0.2, 0.25) is 0 Å². The Kier molecular flexibility index (Phi) is 8.28. The Hall–Kier alpha value is -0.860. The van der Waals surface area contributed by atoms with Crippen molar-refractivity contribution in [2.75, 3.05) is 19.8 Å². The van der Waals surface area contributed by atoms with E-state index in [0.29, 0.717) is 19.6 Å². The van der Waals surface area contributed by atoms with Crippen molar-refractivity contribution >= 4 is 52.3 Å². The predicted molar refractivity (Wildman–Crippen MR) is 96.5 cm³/mol. The van der Waals surface area contributed by atoms with Crippen LogP contribution in [0.1, 0.15) is 12.1 Å². The van der Waals surface area contributed by atoms with Gasteiger partial charge in [0.05, 0.1) is 25.5 Å². The van der Waals surface area contributed by atoms with Crippen molar-refractivity contribution in [1.82, 2.24) is 20.0 Å². The molecular formula is C14H19BrCl2N4O2. The molecule has 1 atom stereocenters. The molecule has 3 rings (SSSR count). The van der Waals surface area contributed by atoms with E-state index in [1.54, 1.807) is 0 Å². The third-order valence-electron chi connectivity index (χ3n) is 3.36. The minimum absolute atomic E-state index is 0. The number of hydrogen-bond acceptors (Lipinski definition) is 4. The van der Waals surface area contributed by atoms with E-state index >= 15 is 0 Å². The first kappa shape index (κ1) is 20.2. The molecule has 1 amide bonds. The molecule has 1 saturated heterocycles. The number of carbonyl (C=O) groups excluding carboxylic acids is 1. The van der Waals surface area contributed by atoms with Crippen LogP contribution >= 0.6 is 40.7 Å². The first-order chi connectivity index (χ1) is 10.2. The SMILES string of the molecule is Cl.Cl.O=C(CC1COCCN1)NCc1cn2cc(Br)ccc2n1. The maximum absolute atomic E-state index is 11.9. The van der Waals surface area contributed by atoms with Gasteiger partial charge >= 0.3 is 0 Å². The molecule has 0 spiro atoms. The predicted octanol–water partition coefficient (Wildman–Crippen LogP) is 1.94. The number of imidazole rings is 1. The van der Waals surface area contributed by atoms with Crippen LogP contribution in [0.5, 0.6) is 0 Å². The number of rotatable bonds is 4. The summed E-state index contributed by atoms with van der Waals surface area (Å²) < 4.78 is 8.26. The number of fused-ring (bicyclic) bond motifs is 1. The number of nitrogens with zero attached hydrogens (tertiary/aromatic N) is 2. The summed E-state index contributed by atoms with van der Waals surface area (Å²) in [5, 5.41) is 6.16. The van der Waals surface area contributed by atoms with Crippen LogP contribution in [0, 0.1) is 0 Å². The highest BCUT2D eigenvalue weighted by Gasteiger charge is 2.16. The van der Waals surface area contributed by atoms with Crippen molar-refractivity contribution in [3.8, 4) is 0 Å². The van der Waals surface area contributed by atoms with Crippen LogP contribution in [0.3, 0.4) is 0 Å². The van der Waals surface area contributed by atoms with Gasteiger partial charge in [0, 0.05) is 35.9 Å². The third kappa shape index (κ3) is 5.61. The number of pyridine rings is 1. The van der Waals surface area contributed by atoms with E-state index in [1.165, 1.54) is 0 Å². The number of amides is 1. The van der Waals surface area contributed by atoms with E-state index in [0.717, 1.165) is 29.0 Å². The fourth-order valence-electron chi connectivity index (χ4n) is 2.34. The molecule has 2 aromatic heterocycles. The van der Waals surface area contributed by atoms with E-state index in [4.69, 9.17) is 4.74 Å². The number of aromatic nitrogens is 2. The van der Waals surface area contributed by atoms with Gasteiger partial charge < -0.3 is 19.8 Å². The molecule has 1 aliphatic heterocycles. The van der Waals surface area contributed by atoms with Crippen molar-refractivity contribution in [3.63, 3.8) is 0 Å². The highest BCUT2D eigenvalue weighted by atomic mass is 79.9. The lowest BCUT2D eigenvalue weighted by molar-refractivity contribution is -0.122. The normalized spacial score (nSPS) is 17.2. The van der Waals surface area contributed by atoms with E-state index in [1.807, 2.05) is 28.9 Å². The molecule has 0 saturated carbocycles. The van der Waals surface area contributed by atoms with Crippen LogP contribution in [0.25, 0.3) is 5.65 Å². The van der Waals surface area contributed by atoms with Crippen molar-refractivity contribution in [2.45, 2.75) is 19.0 Å². The second kappa shape index (κ2) is 9.44. The zero-order valence-corrected chi connectivity index (χ0v) is 15.5. The van der Waals surface area contributed by atoms with Gasteiger partial charge in [-0.15, -0.1) is 24.8 Å². The summed E-state index contributed by atoms with van der Waals surface area (Å²) in [6.07, 6.45) is 4.29. The summed E-state index contributed by atoms with van der Waals surface area (Å²) in [7, 11) is 0. The molecule has 23 heavy (non-hydrogen) atoms. The van der Waals surface area contributed by atoms with Gasteiger partial charge in [0.1, 0.15) is 5.65 Å². The Labute approximate surface area is 155 Å². The quantitative estimate of drug-likeness (QED) is 0.785. The van der Waals surface area contributed by atoms with Crippen LogP contribution in [-0.2, 0) is 16.1 Å². The van der Waals surface area contributed by atoms with Gasteiger partial charge in [-0.3, -0.25) is 4.79 Å². The van der Waals surface area contributed by atoms with E-state index in [9.17, 15) is 4.79 Å². The standard InChI is InChI=1S/C14H17BrN4O2.2ClH/c15-10-1-2-13-18-12(8-19(13)7-10)6-17-14(20)5-11-9-21-4-3-16-11;;/h1-2,7-8,11,16H,3-6,9H2,(H,17,20);2*1H. The Morgan fingerprint density at radius 3 is 3.00 bits per heavy atom. The fourth-order valence-corrected chi connectivity index (χ4v) is 2.69. The van der Waals surface area contributed by atoms with Gasteiger partial charge in [0.15, 0.2) is 0 Å². The minimum Gasteiger partial charge on any atom is -0.378 e. The highest BCUT2D eigenvalue weighted by Crippen LogP contribution is 2.12. The second-order valence-corrected chi connectivity index (χ2v) is 5.97. The van der Waals surface area contributed by atoms with Gasteiger partial charge in [-0.1, -0.05) is 0 Å². The number of morpholine rings is 1. The lowest BCUT2D eigenvalue weighted by atomic mass is 10.2. The highest BCUT2D eigenvalue weighted by molar-refractivity contribution is 9.10. The van der Waals surface area contributed by atoms with Gasteiger partial charge in [-0.2, -0.15) is 0 Å². The molecule has 128 valence electrons. The Morgan fingerprint density at radius 2 is 2.26 bits per heavy atom. The summed E-state index contributed by atoms with van der Waals surface area (Å²) in [5.41, 5.74) is 1.71. The molecule has 1 aliphatic rings. The number of halogens is 3. The molecule has 3 heterocycles. The number of nitrogens with one attached hydrogen (secondary N) is 2. The van der Waals surface area contributed by atoms with Crippen molar-refractivity contribution in [3.05, 3.63) is 34.7 Å². The lowest BCUT2D eigenvalue weighted by Gasteiger charge is -2.23. The van der Waals surface area contributed by atoms with E-state index in [2.05, 4.69) is 31.5 Å². The molecular weight excluding hydrogens is 407 g/mol. The van der Waals surface area contributed by atoms with Gasteiger partial charge in [0.2, 0.25) is 5.91 Å². The van der Waals surface area contributed by atoms with Gasteiger partial charge in [-0.05, 0) is 28.1 Å². The number of carbonyl (C=O) groups is 1. The zero-order chi connectivity index (χ0) is 14.7. The molecule has 1 fully saturated rings. The smallest absolute Gasteiger partial charge is 0.221 e. The molecule has 0 radical (unpaired) electrons. The summed E-state index contributed by atoms with van der Waals surface area (Å²) in [6, 6.07) is 3.98. The Bertz CT molecular complexity index is 647. The molecule has 1 unspecified atom stereocenters. The van der Waals surface area contributed by atoms with Crippen molar-refractivity contribution < 1.29 is 9.53 Å². The summed E-state index contributed by atoms with van der Waals surface area (Å²) in [4.78, 5) is 16.4. The van der Waals surface area contributed by atoms with Crippen LogP contribution in [0.4, 0.5) is 0 Å². The monoisotopic (exact) mass is 424 g/mol. The first-order valence-electron chi connectivity index (χ1n) is 6.92. The minimum atomic E-state index is 0. The van der Waals surface area contributed by atoms with Crippen LogP contribution in [0.15, 0.2) is 29.0 Å². The molecule has 0 aromatic carbocycles. The molecule has 9 heteroatoms. The summed E-state index contributed by atoms with van der Waals surface area (Å²) in [6.45, 7) is 2.55. The summed E-state index contributed by atoms with van der Waals surface area (Å²) in [5.74, 6) is 0.0104. The topological polar surface area (TPSA) is 67.7 Å². The largest absolute Gasteiger partial charge is 0.378 e. The number of ether oxygens (including phenoxy) is 1. The van der Waals surface area contributed by atoms with Crippen LogP contribution in [-0.4, -0.2) is 41.1 Å². The molecule has 2 N–H and O–H groups in total. The fraction of sp³-hybridized carbons (Fsp3) is 0.429. The van der Waals surface area contributed by atoms with Gasteiger partial charge in [0.25, 0.3) is 0 Å². The third-order valence-corrected chi connectivity index (χ3v) is 3.83. The number of hydrogen-bond donors (Lipinski definition) is 2. The zero-order valence-electron chi connectivity index (χ0n) is 12.3. The Morgan fingerprint density at radius 1 is 1.43 bits per heavy atom. The molecule has 0 bridgehead atoms. The van der Waals surface area contributed by atoms with Crippen LogP contribution < -0.4 is 10.6 Å². The van der Waals surface area contributed by atoms with Gasteiger partial charge in [-0.25, -0.2) is 4.98 Å². The van der Waals surface area contributed by atoms with Crippen molar-refractivity contribution in [2.24, 2.45) is 0 Å². The van der Waals surface area contributed by atoms with E-state index < -0.39 is 0 Å². The second-order valence-electron chi connectivity index (χ2n) is 5.05. The lowest BCUT2D eigenvalue weighted by Crippen LogP contribution is -2.44.